The first-order valence-corrected chi connectivity index (χ1v) is 4.75. The molecule has 2 atom stereocenters. The molecule has 0 saturated carbocycles. The van der Waals surface area contributed by atoms with Crippen LogP contribution in [-0.4, -0.2) is 17.7 Å². The summed E-state index contributed by atoms with van der Waals surface area (Å²) in [6.07, 6.45) is 0.804. The highest BCUT2D eigenvalue weighted by atomic mass is 16.3. The summed E-state index contributed by atoms with van der Waals surface area (Å²) in [5.74, 6) is 0. The Labute approximate surface area is 78.6 Å². The van der Waals surface area contributed by atoms with Crippen molar-refractivity contribution in [1.82, 2.24) is 5.32 Å². The van der Waals surface area contributed by atoms with Crippen LogP contribution in [0.15, 0.2) is 30.3 Å². The monoisotopic (exact) mass is 177 g/mol. The van der Waals surface area contributed by atoms with E-state index in [0.717, 1.165) is 18.5 Å². The van der Waals surface area contributed by atoms with E-state index >= 15 is 0 Å². The standard InChI is InChI=1S/C11H15NO/c1-9-11(13,7-8-12-9)10-5-3-2-4-6-10/h2-6,9,12-13H,7-8H2,1H3. The summed E-state index contributed by atoms with van der Waals surface area (Å²) in [4.78, 5) is 0. The van der Waals surface area contributed by atoms with Crippen molar-refractivity contribution >= 4 is 0 Å². The minimum Gasteiger partial charge on any atom is -0.383 e. The van der Waals surface area contributed by atoms with Gasteiger partial charge in [-0.15, -0.1) is 0 Å². The van der Waals surface area contributed by atoms with Gasteiger partial charge in [-0.25, -0.2) is 0 Å². The van der Waals surface area contributed by atoms with Gasteiger partial charge >= 0.3 is 0 Å². The molecule has 1 aromatic carbocycles. The molecule has 0 spiro atoms. The van der Waals surface area contributed by atoms with Gasteiger partial charge in [0.2, 0.25) is 0 Å². The predicted molar refractivity (Wildman–Crippen MR) is 52.4 cm³/mol. The van der Waals surface area contributed by atoms with E-state index in [0.29, 0.717) is 0 Å². The van der Waals surface area contributed by atoms with E-state index in [9.17, 15) is 5.11 Å². The summed E-state index contributed by atoms with van der Waals surface area (Å²) in [7, 11) is 0. The smallest absolute Gasteiger partial charge is 0.106 e. The highest BCUT2D eigenvalue weighted by molar-refractivity contribution is 5.25. The summed E-state index contributed by atoms with van der Waals surface area (Å²) in [6, 6.07) is 10.0. The zero-order valence-electron chi connectivity index (χ0n) is 7.83. The molecule has 1 heterocycles. The number of hydrogen-bond donors (Lipinski definition) is 2. The topological polar surface area (TPSA) is 32.3 Å². The van der Waals surface area contributed by atoms with Crippen LogP contribution in [0, 0.1) is 0 Å². The molecule has 2 N–H and O–H groups in total. The van der Waals surface area contributed by atoms with Crippen LogP contribution in [0.4, 0.5) is 0 Å². The molecule has 1 aliphatic rings. The van der Waals surface area contributed by atoms with E-state index in [2.05, 4.69) is 5.32 Å². The Morgan fingerprint density at radius 3 is 2.62 bits per heavy atom. The minimum atomic E-state index is -0.665. The van der Waals surface area contributed by atoms with Crippen LogP contribution >= 0.6 is 0 Å². The Kier molecular flexibility index (Phi) is 2.10. The molecule has 2 nitrogen and oxygen atoms in total. The van der Waals surface area contributed by atoms with Crippen LogP contribution in [0.1, 0.15) is 18.9 Å². The molecule has 0 aromatic heterocycles. The van der Waals surface area contributed by atoms with Crippen molar-refractivity contribution in [2.45, 2.75) is 25.0 Å². The van der Waals surface area contributed by atoms with E-state index in [4.69, 9.17) is 0 Å². The molecule has 2 unspecified atom stereocenters. The average Bonchev–Trinajstić information content (AvgIpc) is 2.50. The molecule has 0 radical (unpaired) electrons. The third-order valence-electron chi connectivity index (χ3n) is 2.95. The molecule has 1 saturated heterocycles. The lowest BCUT2D eigenvalue weighted by molar-refractivity contribution is 0.0293. The molecule has 1 fully saturated rings. The molecular formula is C11H15NO. The zero-order chi connectivity index (χ0) is 9.31. The summed E-state index contributed by atoms with van der Waals surface area (Å²) in [5, 5.41) is 13.6. The van der Waals surface area contributed by atoms with Crippen LogP contribution in [0.5, 0.6) is 0 Å². The molecular weight excluding hydrogens is 162 g/mol. The van der Waals surface area contributed by atoms with E-state index in [1.54, 1.807) is 0 Å². The fraction of sp³-hybridized carbons (Fsp3) is 0.455. The van der Waals surface area contributed by atoms with Crippen molar-refractivity contribution in [2.24, 2.45) is 0 Å². The highest BCUT2D eigenvalue weighted by Gasteiger charge is 2.39. The molecule has 2 heteroatoms. The van der Waals surface area contributed by atoms with E-state index in [-0.39, 0.29) is 6.04 Å². The molecule has 13 heavy (non-hydrogen) atoms. The highest BCUT2D eigenvalue weighted by Crippen LogP contribution is 2.31. The number of hydrogen-bond acceptors (Lipinski definition) is 2. The van der Waals surface area contributed by atoms with Gasteiger partial charge in [-0.1, -0.05) is 30.3 Å². The van der Waals surface area contributed by atoms with Gasteiger partial charge in [0.05, 0.1) is 0 Å². The number of aliphatic hydroxyl groups is 1. The fourth-order valence-electron chi connectivity index (χ4n) is 1.99. The maximum absolute atomic E-state index is 10.4. The first-order valence-electron chi connectivity index (χ1n) is 4.75. The Bertz CT molecular complexity index is 285. The maximum atomic E-state index is 10.4. The summed E-state index contributed by atoms with van der Waals surface area (Å²) in [5.41, 5.74) is 0.355. The van der Waals surface area contributed by atoms with Gasteiger partial charge < -0.3 is 10.4 Å². The second-order valence-electron chi connectivity index (χ2n) is 3.72. The van der Waals surface area contributed by atoms with Crippen LogP contribution in [0.25, 0.3) is 0 Å². The van der Waals surface area contributed by atoms with Gasteiger partial charge in [0, 0.05) is 6.04 Å². The van der Waals surface area contributed by atoms with Gasteiger partial charge in [-0.3, -0.25) is 0 Å². The van der Waals surface area contributed by atoms with Gasteiger partial charge in [-0.05, 0) is 25.5 Å². The zero-order valence-corrected chi connectivity index (χ0v) is 7.83. The second kappa shape index (κ2) is 3.13. The van der Waals surface area contributed by atoms with Crippen molar-refractivity contribution in [2.75, 3.05) is 6.54 Å². The Balaban J connectivity index is 2.34. The van der Waals surface area contributed by atoms with Crippen molar-refractivity contribution in [3.63, 3.8) is 0 Å². The van der Waals surface area contributed by atoms with Gasteiger partial charge in [-0.2, -0.15) is 0 Å². The first kappa shape index (κ1) is 8.73. The van der Waals surface area contributed by atoms with E-state index in [1.165, 1.54) is 0 Å². The van der Waals surface area contributed by atoms with Crippen molar-refractivity contribution in [3.05, 3.63) is 35.9 Å². The summed E-state index contributed by atoms with van der Waals surface area (Å²) >= 11 is 0. The number of benzene rings is 1. The number of rotatable bonds is 1. The molecule has 0 amide bonds. The minimum absolute atomic E-state index is 0.148. The average molecular weight is 177 g/mol. The second-order valence-corrected chi connectivity index (χ2v) is 3.72. The van der Waals surface area contributed by atoms with Crippen LogP contribution in [0.3, 0.4) is 0 Å². The summed E-state index contributed by atoms with van der Waals surface area (Å²) in [6.45, 7) is 2.92. The van der Waals surface area contributed by atoms with Gasteiger partial charge in [0.25, 0.3) is 0 Å². The van der Waals surface area contributed by atoms with Crippen LogP contribution in [0.2, 0.25) is 0 Å². The molecule has 1 aromatic rings. The summed E-state index contributed by atoms with van der Waals surface area (Å²) < 4.78 is 0. The number of nitrogens with one attached hydrogen (secondary N) is 1. The first-order chi connectivity index (χ1) is 6.23. The predicted octanol–water partition coefficient (Wildman–Crippen LogP) is 1.26. The Hall–Kier alpha value is -0.860. The third-order valence-corrected chi connectivity index (χ3v) is 2.95. The van der Waals surface area contributed by atoms with Crippen LogP contribution in [-0.2, 0) is 5.60 Å². The van der Waals surface area contributed by atoms with Crippen molar-refractivity contribution in [3.8, 4) is 0 Å². The lowest BCUT2D eigenvalue weighted by Gasteiger charge is -2.27. The molecule has 1 aliphatic heterocycles. The Morgan fingerprint density at radius 2 is 2.08 bits per heavy atom. The normalized spacial score (nSPS) is 33.5. The SMILES string of the molecule is CC1NCCC1(O)c1ccccc1. The van der Waals surface area contributed by atoms with E-state index < -0.39 is 5.60 Å². The largest absolute Gasteiger partial charge is 0.383 e. The maximum Gasteiger partial charge on any atom is 0.106 e. The van der Waals surface area contributed by atoms with Crippen LogP contribution < -0.4 is 5.32 Å². The Morgan fingerprint density at radius 1 is 1.38 bits per heavy atom. The van der Waals surface area contributed by atoms with Crippen molar-refractivity contribution in [1.29, 1.82) is 0 Å². The van der Waals surface area contributed by atoms with E-state index in [1.807, 2.05) is 37.3 Å². The lowest BCUT2D eigenvalue weighted by atomic mass is 9.88. The molecule has 0 bridgehead atoms. The molecule has 0 aliphatic carbocycles. The van der Waals surface area contributed by atoms with Gasteiger partial charge in [0.1, 0.15) is 5.60 Å². The fourth-order valence-corrected chi connectivity index (χ4v) is 1.99. The third kappa shape index (κ3) is 1.36. The van der Waals surface area contributed by atoms with Crippen molar-refractivity contribution < 1.29 is 5.11 Å². The van der Waals surface area contributed by atoms with Gasteiger partial charge in [0.15, 0.2) is 0 Å². The molecule has 2 rings (SSSR count). The molecule has 70 valence electrons. The quantitative estimate of drug-likeness (QED) is 0.676. The lowest BCUT2D eigenvalue weighted by Crippen LogP contribution is -2.37.